The van der Waals surface area contributed by atoms with Gasteiger partial charge in [0.25, 0.3) is 0 Å². The third-order valence-corrected chi connectivity index (χ3v) is 3.03. The average molecular weight is 326 g/mol. The molecule has 0 aliphatic carbocycles. The Morgan fingerprint density at radius 2 is 1.29 bits per heavy atom. The van der Waals surface area contributed by atoms with Gasteiger partial charge in [0.2, 0.25) is 0 Å². The zero-order valence-corrected chi connectivity index (χ0v) is 13.6. The third kappa shape index (κ3) is 5.21. The van der Waals surface area contributed by atoms with E-state index >= 15 is 0 Å². The fraction of sp³-hybridized carbons (Fsp3) is 0.222. The van der Waals surface area contributed by atoms with Gasteiger partial charge < -0.3 is 9.47 Å². The van der Waals surface area contributed by atoms with Gasteiger partial charge in [-0.2, -0.15) is 0 Å². The lowest BCUT2D eigenvalue weighted by Crippen LogP contribution is -2.28. The minimum atomic E-state index is -0.450. The minimum absolute atomic E-state index is 0.0602. The van der Waals surface area contributed by atoms with Crippen molar-refractivity contribution in [3.8, 4) is 11.8 Å². The smallest absolute Gasteiger partial charge is 0.345 e. The molecule has 2 aromatic rings. The molecule has 0 aliphatic rings. The first kappa shape index (κ1) is 17.2. The summed E-state index contributed by atoms with van der Waals surface area (Å²) in [4.78, 5) is 23.5. The zero-order valence-electron chi connectivity index (χ0n) is 13.6. The van der Waals surface area contributed by atoms with E-state index in [4.69, 9.17) is 9.47 Å². The van der Waals surface area contributed by atoms with Gasteiger partial charge in [-0.15, -0.1) is 0 Å². The van der Waals surface area contributed by atoms with Gasteiger partial charge in [-0.3, -0.25) is 0 Å². The van der Waals surface area contributed by atoms with Crippen LogP contribution >= 0.6 is 0 Å². The van der Waals surface area contributed by atoms with E-state index in [1.807, 2.05) is 26.5 Å². The first-order valence-corrected chi connectivity index (χ1v) is 7.27. The van der Waals surface area contributed by atoms with Gasteiger partial charge in [0, 0.05) is 12.1 Å². The molecule has 2 heterocycles. The molecule has 2 aromatic heterocycles. The molecule has 0 aliphatic heterocycles. The highest BCUT2D eigenvalue weighted by molar-refractivity contribution is 5.89. The van der Waals surface area contributed by atoms with E-state index < -0.39 is 11.9 Å². The van der Waals surface area contributed by atoms with Crippen molar-refractivity contribution in [1.82, 2.24) is 0 Å². The summed E-state index contributed by atoms with van der Waals surface area (Å²) in [6.07, 6.45) is 6.96. The first-order chi connectivity index (χ1) is 11.6. The molecule has 0 bridgehead atoms. The molecular formula is C18H18N2O4+2. The fourth-order valence-corrected chi connectivity index (χ4v) is 1.89. The molecule has 0 amide bonds. The Labute approximate surface area is 140 Å². The number of ether oxygens (including phenoxy) is 2. The number of aryl methyl sites for hydroxylation is 2. The van der Waals surface area contributed by atoms with Crippen molar-refractivity contribution in [2.45, 2.75) is 0 Å². The maximum absolute atomic E-state index is 11.8. The van der Waals surface area contributed by atoms with Crippen molar-refractivity contribution in [3.05, 3.63) is 60.2 Å². The summed E-state index contributed by atoms with van der Waals surface area (Å²) in [7, 11) is 3.63. The van der Waals surface area contributed by atoms with Crippen LogP contribution < -0.4 is 9.13 Å². The number of carbonyl (C=O) groups is 2. The molecule has 0 spiro atoms. The Kier molecular flexibility index (Phi) is 6.03. The zero-order chi connectivity index (χ0) is 17.4. The van der Waals surface area contributed by atoms with E-state index in [1.165, 1.54) is 0 Å². The number of hydrogen-bond acceptors (Lipinski definition) is 4. The number of hydrogen-bond donors (Lipinski definition) is 0. The lowest BCUT2D eigenvalue weighted by atomic mass is 10.3. The van der Waals surface area contributed by atoms with Crippen LogP contribution in [-0.4, -0.2) is 25.2 Å². The highest BCUT2D eigenvalue weighted by atomic mass is 16.5. The Hall–Kier alpha value is -3.20. The Balaban J connectivity index is 1.74. The molecule has 0 fully saturated rings. The Bertz CT molecular complexity index is 740. The second-order valence-electron chi connectivity index (χ2n) is 5.02. The summed E-state index contributed by atoms with van der Waals surface area (Å²) in [5, 5.41) is 0. The molecule has 6 nitrogen and oxygen atoms in total. The van der Waals surface area contributed by atoms with Gasteiger partial charge in [-0.1, -0.05) is 11.8 Å². The van der Waals surface area contributed by atoms with Crippen molar-refractivity contribution in [1.29, 1.82) is 0 Å². The summed E-state index contributed by atoms with van der Waals surface area (Å²) in [6.45, 7) is -0.120. The second kappa shape index (κ2) is 8.44. The first-order valence-electron chi connectivity index (χ1n) is 7.27. The maximum Gasteiger partial charge on any atom is 0.345 e. The van der Waals surface area contributed by atoms with Crippen molar-refractivity contribution >= 4 is 11.9 Å². The second-order valence-corrected chi connectivity index (χ2v) is 5.02. The van der Waals surface area contributed by atoms with Crippen LogP contribution in [0.1, 0.15) is 20.7 Å². The Morgan fingerprint density at radius 1 is 0.875 bits per heavy atom. The molecule has 0 unspecified atom stereocenters. The quantitative estimate of drug-likeness (QED) is 0.462. The van der Waals surface area contributed by atoms with Gasteiger partial charge in [-0.05, 0) is 12.1 Å². The number of esters is 2. The molecule has 0 saturated carbocycles. The van der Waals surface area contributed by atoms with Crippen LogP contribution in [0, 0.1) is 11.8 Å². The van der Waals surface area contributed by atoms with Gasteiger partial charge in [0.15, 0.2) is 38.0 Å². The van der Waals surface area contributed by atoms with E-state index in [-0.39, 0.29) is 13.2 Å². The molecule has 0 saturated heterocycles. The van der Waals surface area contributed by atoms with Crippen LogP contribution in [0.25, 0.3) is 0 Å². The Morgan fingerprint density at radius 3 is 1.67 bits per heavy atom. The lowest BCUT2D eigenvalue weighted by molar-refractivity contribution is -0.671. The highest BCUT2D eigenvalue weighted by Crippen LogP contribution is 1.98. The van der Waals surface area contributed by atoms with Crippen LogP contribution in [-0.2, 0) is 23.6 Å². The van der Waals surface area contributed by atoms with E-state index in [9.17, 15) is 9.59 Å². The van der Waals surface area contributed by atoms with Crippen molar-refractivity contribution in [2.75, 3.05) is 13.2 Å². The van der Waals surface area contributed by atoms with Gasteiger partial charge in [-0.25, -0.2) is 18.7 Å². The normalized spacial score (nSPS) is 9.58. The minimum Gasteiger partial charge on any atom is -0.449 e. The molecule has 2 rings (SSSR count). The average Bonchev–Trinajstić information content (AvgIpc) is 2.57. The summed E-state index contributed by atoms with van der Waals surface area (Å²) < 4.78 is 13.6. The van der Waals surface area contributed by atoms with Crippen LogP contribution in [0.4, 0.5) is 0 Å². The molecular weight excluding hydrogens is 308 g/mol. The van der Waals surface area contributed by atoms with Gasteiger partial charge >= 0.3 is 11.9 Å². The topological polar surface area (TPSA) is 60.4 Å². The van der Waals surface area contributed by atoms with Crippen molar-refractivity contribution in [2.24, 2.45) is 14.1 Å². The summed E-state index contributed by atoms with van der Waals surface area (Å²) in [6, 6.07) is 6.84. The van der Waals surface area contributed by atoms with Crippen LogP contribution in [0.2, 0.25) is 0 Å². The predicted molar refractivity (Wildman–Crippen MR) is 83.6 cm³/mol. The standard InChI is InChI=1S/C18H18N2O4/c1-19-9-5-7-15(13-19)17(21)23-11-3-4-12-24-18(22)16-8-6-10-20(2)14-16/h5-10,13-14H,11-12H2,1-2H3/q+2. The van der Waals surface area contributed by atoms with Gasteiger partial charge in [0.05, 0.1) is 0 Å². The third-order valence-electron chi connectivity index (χ3n) is 3.03. The number of rotatable bonds is 4. The molecule has 0 aromatic carbocycles. The molecule has 122 valence electrons. The number of pyridine rings is 2. The molecule has 24 heavy (non-hydrogen) atoms. The number of aromatic nitrogens is 2. The van der Waals surface area contributed by atoms with E-state index in [0.717, 1.165) is 0 Å². The number of nitrogens with zero attached hydrogens (tertiary/aromatic N) is 2. The maximum atomic E-state index is 11.8. The van der Waals surface area contributed by atoms with Crippen LogP contribution in [0.15, 0.2) is 49.1 Å². The van der Waals surface area contributed by atoms with Gasteiger partial charge in [0.1, 0.15) is 25.2 Å². The largest absolute Gasteiger partial charge is 0.449 e. The lowest BCUT2D eigenvalue weighted by Gasteiger charge is -2.00. The highest BCUT2D eigenvalue weighted by Gasteiger charge is 2.10. The summed E-state index contributed by atoms with van der Waals surface area (Å²) in [5.74, 6) is 4.37. The molecule has 0 N–H and O–H groups in total. The van der Waals surface area contributed by atoms with E-state index in [1.54, 1.807) is 45.8 Å². The molecule has 0 atom stereocenters. The monoisotopic (exact) mass is 326 g/mol. The van der Waals surface area contributed by atoms with Crippen molar-refractivity contribution in [3.63, 3.8) is 0 Å². The SMILES string of the molecule is C[n+]1cccc(C(=O)OCC#CCOC(=O)c2ccc[n+](C)c2)c1. The van der Waals surface area contributed by atoms with Crippen molar-refractivity contribution < 1.29 is 28.2 Å². The summed E-state index contributed by atoms with van der Waals surface area (Å²) >= 11 is 0. The van der Waals surface area contributed by atoms with E-state index in [0.29, 0.717) is 11.1 Å². The van der Waals surface area contributed by atoms with E-state index in [2.05, 4.69) is 11.8 Å². The fourth-order valence-electron chi connectivity index (χ4n) is 1.89. The van der Waals surface area contributed by atoms with Crippen LogP contribution in [0.3, 0.4) is 0 Å². The molecule has 0 radical (unpaired) electrons. The summed E-state index contributed by atoms with van der Waals surface area (Å²) in [5.41, 5.74) is 0.898. The predicted octanol–water partition coefficient (Wildman–Crippen LogP) is 0.353. The van der Waals surface area contributed by atoms with Crippen LogP contribution in [0.5, 0.6) is 0 Å². The molecule has 6 heteroatoms. The number of carbonyl (C=O) groups excluding carboxylic acids is 2.